The van der Waals surface area contributed by atoms with Gasteiger partial charge in [-0.15, -0.1) is 0 Å². The number of rotatable bonds is 36. The number of aliphatic hydroxyl groups is 5. The first-order valence-electron chi connectivity index (χ1n) is 23.0. The van der Waals surface area contributed by atoms with Crippen LogP contribution in [0.15, 0.2) is 97.2 Å². The Bertz CT molecular complexity index is 1470. The van der Waals surface area contributed by atoms with E-state index in [1.54, 1.807) is 0 Å². The molecule has 1 aliphatic carbocycles. The molecule has 0 aromatic rings. The summed E-state index contributed by atoms with van der Waals surface area (Å²) < 4.78 is 33.4. The first-order valence-corrected chi connectivity index (χ1v) is 24.5. The van der Waals surface area contributed by atoms with Crippen LogP contribution in [-0.2, 0) is 32.7 Å². The van der Waals surface area contributed by atoms with Gasteiger partial charge in [0.1, 0.15) is 43.2 Å². The van der Waals surface area contributed by atoms with Gasteiger partial charge in [-0.2, -0.15) is 0 Å². The smallest absolute Gasteiger partial charge is 0.462 e. The van der Waals surface area contributed by atoms with Crippen molar-refractivity contribution in [2.45, 2.75) is 185 Å². The molecule has 1 aliphatic rings. The minimum atomic E-state index is -5.15. The molecule has 0 amide bonds. The van der Waals surface area contributed by atoms with Crippen molar-refractivity contribution in [3.63, 3.8) is 0 Å². The van der Waals surface area contributed by atoms with Crippen molar-refractivity contribution in [3.05, 3.63) is 97.2 Å². The first kappa shape index (κ1) is 57.8. The number of phosphoric ester groups is 1. The van der Waals surface area contributed by atoms with E-state index >= 15 is 0 Å². The summed E-state index contributed by atoms with van der Waals surface area (Å²) in [4.78, 5) is 35.7. The molecule has 0 aromatic heterocycles. The molecule has 63 heavy (non-hydrogen) atoms. The minimum Gasteiger partial charge on any atom is -0.462 e. The summed E-state index contributed by atoms with van der Waals surface area (Å²) >= 11 is 0. The first-order chi connectivity index (χ1) is 30.4. The van der Waals surface area contributed by atoms with E-state index in [1.165, 1.54) is 19.3 Å². The molecule has 0 bridgehead atoms. The molecule has 0 saturated heterocycles. The second-order valence-corrected chi connectivity index (χ2v) is 16.9. The standard InChI is InChI=1S/C49H79O13P/c1-3-5-7-9-11-13-15-17-19-20-21-22-24-26-28-30-32-34-36-38-43(51)61-41(40-60-63(57,58)62-49-47(55)45(53)44(52)46(54)48(49)56)39-59-42(50)37-35-33-31-29-27-25-23-18-16-14-12-10-8-6-4-2/h5,7,11-14,17-19,21-23,26,28,32,34,41,44-49,52-56H,3-4,6,8-10,15-16,20,24-25,27,29-31,33,35-40H2,1-2H3,(H,57,58)/b7-5-,13-11-,14-12-,19-17-,22-21-,23-18-,28-26-,34-32-. The lowest BCUT2D eigenvalue weighted by Gasteiger charge is -2.41. The largest absolute Gasteiger partial charge is 0.472 e. The van der Waals surface area contributed by atoms with Crippen molar-refractivity contribution in [1.82, 2.24) is 0 Å². The number of phosphoric acid groups is 1. The van der Waals surface area contributed by atoms with Crippen LogP contribution < -0.4 is 0 Å². The number of hydrogen-bond acceptors (Lipinski definition) is 12. The van der Waals surface area contributed by atoms with Gasteiger partial charge in [-0.3, -0.25) is 18.6 Å². The summed E-state index contributed by atoms with van der Waals surface area (Å²) in [5, 5.41) is 50.1. The zero-order valence-corrected chi connectivity index (χ0v) is 38.7. The fourth-order valence-electron chi connectivity index (χ4n) is 6.22. The predicted octanol–water partition coefficient (Wildman–Crippen LogP) is 9.05. The molecule has 0 aliphatic heterocycles. The Morgan fingerprint density at radius 3 is 1.44 bits per heavy atom. The third kappa shape index (κ3) is 30.5. The highest BCUT2D eigenvalue weighted by Crippen LogP contribution is 2.47. The van der Waals surface area contributed by atoms with Gasteiger partial charge in [-0.05, 0) is 83.5 Å². The Morgan fingerprint density at radius 2 is 0.937 bits per heavy atom. The van der Waals surface area contributed by atoms with E-state index in [2.05, 4.69) is 92.8 Å². The normalized spacial score (nSPS) is 22.6. The second-order valence-electron chi connectivity index (χ2n) is 15.5. The summed E-state index contributed by atoms with van der Waals surface area (Å²) in [5.74, 6) is -1.22. The molecule has 0 heterocycles. The minimum absolute atomic E-state index is 0.0373. The van der Waals surface area contributed by atoms with Gasteiger partial charge in [0.15, 0.2) is 6.10 Å². The zero-order valence-electron chi connectivity index (χ0n) is 37.8. The molecule has 6 N–H and O–H groups in total. The summed E-state index contributed by atoms with van der Waals surface area (Å²) in [6, 6.07) is 0. The van der Waals surface area contributed by atoms with Gasteiger partial charge in [-0.25, -0.2) is 4.57 Å². The molecule has 1 saturated carbocycles. The van der Waals surface area contributed by atoms with Crippen LogP contribution in [-0.4, -0.2) is 98.3 Å². The topological polar surface area (TPSA) is 210 Å². The molecule has 13 nitrogen and oxygen atoms in total. The van der Waals surface area contributed by atoms with Crippen molar-refractivity contribution >= 4 is 19.8 Å². The van der Waals surface area contributed by atoms with Crippen LogP contribution in [0.5, 0.6) is 0 Å². The maximum absolute atomic E-state index is 12.8. The quantitative estimate of drug-likeness (QED) is 0.0150. The van der Waals surface area contributed by atoms with Crippen LogP contribution >= 0.6 is 7.82 Å². The van der Waals surface area contributed by atoms with E-state index in [9.17, 15) is 44.6 Å². The van der Waals surface area contributed by atoms with Crippen LogP contribution in [0.2, 0.25) is 0 Å². The molecule has 0 spiro atoms. The lowest BCUT2D eigenvalue weighted by Crippen LogP contribution is -2.64. The Hall–Kier alpha value is -3.23. The molecule has 14 heteroatoms. The number of esters is 2. The Morgan fingerprint density at radius 1 is 0.508 bits per heavy atom. The number of hydrogen-bond donors (Lipinski definition) is 6. The third-order valence-corrected chi connectivity index (χ3v) is 10.9. The number of carbonyl (C=O) groups excluding carboxylic acids is 2. The van der Waals surface area contributed by atoms with Gasteiger partial charge in [0, 0.05) is 12.8 Å². The number of carbonyl (C=O) groups is 2. The molecular weight excluding hydrogens is 828 g/mol. The molecule has 0 radical (unpaired) electrons. The monoisotopic (exact) mass is 907 g/mol. The van der Waals surface area contributed by atoms with E-state index in [0.717, 1.165) is 77.0 Å². The van der Waals surface area contributed by atoms with Crippen molar-refractivity contribution in [2.75, 3.05) is 13.2 Å². The molecule has 0 aromatic carbocycles. The van der Waals surface area contributed by atoms with Crippen molar-refractivity contribution in [1.29, 1.82) is 0 Å². The van der Waals surface area contributed by atoms with Gasteiger partial charge >= 0.3 is 19.8 Å². The average Bonchev–Trinajstić information content (AvgIpc) is 3.26. The van der Waals surface area contributed by atoms with E-state index in [4.69, 9.17) is 18.5 Å². The summed E-state index contributed by atoms with van der Waals surface area (Å²) in [5.41, 5.74) is 0. The highest BCUT2D eigenvalue weighted by molar-refractivity contribution is 7.47. The van der Waals surface area contributed by atoms with Gasteiger partial charge in [0.2, 0.25) is 0 Å². The van der Waals surface area contributed by atoms with Crippen molar-refractivity contribution in [3.8, 4) is 0 Å². The highest BCUT2D eigenvalue weighted by Gasteiger charge is 2.51. The molecule has 1 fully saturated rings. The van der Waals surface area contributed by atoms with Gasteiger partial charge in [-0.1, -0.05) is 143 Å². The van der Waals surface area contributed by atoms with E-state index in [-0.39, 0.29) is 12.8 Å². The predicted molar refractivity (Wildman–Crippen MR) is 248 cm³/mol. The third-order valence-electron chi connectivity index (χ3n) is 9.92. The van der Waals surface area contributed by atoms with Crippen LogP contribution in [0, 0.1) is 0 Å². The Balaban J connectivity index is 2.54. The fraction of sp³-hybridized carbons (Fsp3) is 0.633. The number of aliphatic hydroxyl groups excluding tert-OH is 5. The number of ether oxygens (including phenoxy) is 2. The summed E-state index contributed by atoms with van der Waals surface area (Å²) in [6.07, 6.45) is 37.6. The summed E-state index contributed by atoms with van der Waals surface area (Å²) in [6.45, 7) is 3.07. The lowest BCUT2D eigenvalue weighted by atomic mass is 9.85. The van der Waals surface area contributed by atoms with Crippen molar-refractivity contribution < 1.29 is 63.1 Å². The molecule has 1 rings (SSSR count). The van der Waals surface area contributed by atoms with Crippen LogP contribution in [0.4, 0.5) is 0 Å². The van der Waals surface area contributed by atoms with E-state index in [1.807, 2.05) is 18.2 Å². The average molecular weight is 907 g/mol. The molecule has 6 atom stereocenters. The SMILES string of the molecule is CC/C=C\C/C=C\C/C=C\C/C=C\C/C=C\C/C=C\CCC(=O)OC(COC(=O)CCCCCCC/C=C\C/C=C\CCCCC)COP(=O)(O)OC1C(O)C(O)C(O)C(O)C1O. The fourth-order valence-corrected chi connectivity index (χ4v) is 7.20. The van der Waals surface area contributed by atoms with Crippen LogP contribution in [0.25, 0.3) is 0 Å². The van der Waals surface area contributed by atoms with E-state index in [0.29, 0.717) is 19.3 Å². The van der Waals surface area contributed by atoms with Crippen LogP contribution in [0.3, 0.4) is 0 Å². The highest BCUT2D eigenvalue weighted by atomic mass is 31.2. The van der Waals surface area contributed by atoms with Gasteiger partial charge in [0.05, 0.1) is 6.61 Å². The van der Waals surface area contributed by atoms with Crippen LogP contribution in [0.1, 0.15) is 142 Å². The maximum Gasteiger partial charge on any atom is 0.472 e. The number of allylic oxidation sites excluding steroid dienone is 16. The van der Waals surface area contributed by atoms with E-state index < -0.39 is 75.7 Å². The van der Waals surface area contributed by atoms with Crippen molar-refractivity contribution in [2.24, 2.45) is 0 Å². The maximum atomic E-state index is 12.8. The Kier molecular flexibility index (Phi) is 34.9. The lowest BCUT2D eigenvalue weighted by molar-refractivity contribution is -0.220. The second kappa shape index (κ2) is 38.1. The van der Waals surface area contributed by atoms with Gasteiger partial charge in [0.25, 0.3) is 0 Å². The Labute approximate surface area is 377 Å². The zero-order chi connectivity index (χ0) is 46.4. The number of unbranched alkanes of at least 4 members (excludes halogenated alkanes) is 8. The van der Waals surface area contributed by atoms with Gasteiger partial charge < -0.3 is 39.9 Å². The summed E-state index contributed by atoms with van der Waals surface area (Å²) in [7, 11) is -5.15. The molecule has 358 valence electrons. The molecule has 6 unspecified atom stereocenters. The molecular formula is C49H79O13P.